The minimum atomic E-state index is -3.54. The van der Waals surface area contributed by atoms with E-state index in [0.717, 1.165) is 31.5 Å². The van der Waals surface area contributed by atoms with Gasteiger partial charge in [-0.3, -0.25) is 4.79 Å². The van der Waals surface area contributed by atoms with Gasteiger partial charge in [0.15, 0.2) is 0 Å². The third-order valence-corrected chi connectivity index (χ3v) is 7.30. The average molecular weight is 418 g/mol. The Kier molecular flexibility index (Phi) is 6.12. The van der Waals surface area contributed by atoms with Crippen LogP contribution in [-0.4, -0.2) is 37.7 Å². The van der Waals surface area contributed by atoms with Crippen molar-refractivity contribution in [3.63, 3.8) is 0 Å². The monoisotopic (exact) mass is 417 g/mol. The Balaban J connectivity index is 1.61. The van der Waals surface area contributed by atoms with Crippen LogP contribution in [0.1, 0.15) is 23.4 Å². The Morgan fingerprint density at radius 3 is 2.64 bits per heavy atom. The van der Waals surface area contributed by atoms with Crippen LogP contribution >= 0.6 is 11.3 Å². The number of nitrogens with one attached hydrogen (secondary N) is 1. The van der Waals surface area contributed by atoms with Crippen molar-refractivity contribution in [2.45, 2.75) is 31.1 Å². The topological polar surface area (TPSA) is 79.4 Å². The number of amides is 1. The number of carbonyl (C=O) groups excluding carboxylic acids is 1. The Morgan fingerprint density at radius 2 is 1.93 bits per heavy atom. The van der Waals surface area contributed by atoms with Crippen LogP contribution in [0.4, 0.5) is 5.69 Å². The molecule has 0 bridgehead atoms. The predicted molar refractivity (Wildman–Crippen MR) is 113 cm³/mol. The zero-order chi connectivity index (χ0) is 20.3. The van der Waals surface area contributed by atoms with E-state index < -0.39 is 10.0 Å². The molecule has 3 aromatic rings. The summed E-state index contributed by atoms with van der Waals surface area (Å²) in [5.41, 5.74) is 2.33. The maximum Gasteiger partial charge on any atom is 0.242 e. The lowest BCUT2D eigenvalue weighted by molar-refractivity contribution is -0.116. The lowest BCUT2D eigenvalue weighted by Crippen LogP contribution is -2.22. The van der Waals surface area contributed by atoms with Crippen LogP contribution in [0, 0.1) is 6.92 Å². The van der Waals surface area contributed by atoms with Crippen molar-refractivity contribution in [1.29, 1.82) is 0 Å². The number of rotatable bonds is 7. The van der Waals surface area contributed by atoms with Gasteiger partial charge in [0.05, 0.1) is 20.1 Å². The fourth-order valence-corrected chi connectivity index (χ4v) is 4.68. The Labute approximate surface area is 169 Å². The summed E-state index contributed by atoms with van der Waals surface area (Å²) >= 11 is 1.65. The summed E-state index contributed by atoms with van der Waals surface area (Å²) in [5.74, 6) is -0.136. The molecule has 6 nitrogen and oxygen atoms in total. The van der Waals surface area contributed by atoms with E-state index in [2.05, 4.69) is 10.3 Å². The van der Waals surface area contributed by atoms with Crippen molar-refractivity contribution in [2.75, 3.05) is 19.4 Å². The molecule has 0 radical (unpaired) electrons. The Morgan fingerprint density at radius 1 is 1.18 bits per heavy atom. The first-order valence-electron chi connectivity index (χ1n) is 8.95. The SMILES string of the molecule is Cc1ccc(S(=O)(=O)N(C)C)cc1NC(=O)CCCc1nc2ccccc2s1. The zero-order valence-electron chi connectivity index (χ0n) is 16.1. The summed E-state index contributed by atoms with van der Waals surface area (Å²) in [6.45, 7) is 1.84. The van der Waals surface area contributed by atoms with Gasteiger partial charge in [-0.1, -0.05) is 18.2 Å². The summed E-state index contributed by atoms with van der Waals surface area (Å²) in [6.07, 6.45) is 1.77. The highest BCUT2D eigenvalue weighted by molar-refractivity contribution is 7.89. The first-order valence-corrected chi connectivity index (χ1v) is 11.2. The van der Waals surface area contributed by atoms with Gasteiger partial charge in [0.2, 0.25) is 15.9 Å². The first-order chi connectivity index (χ1) is 13.3. The van der Waals surface area contributed by atoms with E-state index in [4.69, 9.17) is 0 Å². The molecule has 0 aliphatic heterocycles. The molecule has 0 atom stereocenters. The number of thiazole rings is 1. The molecule has 3 rings (SSSR count). The highest BCUT2D eigenvalue weighted by Gasteiger charge is 2.18. The zero-order valence-corrected chi connectivity index (χ0v) is 17.7. The molecule has 0 unspecified atom stereocenters. The maximum atomic E-state index is 12.3. The summed E-state index contributed by atoms with van der Waals surface area (Å²) in [5, 5.41) is 3.85. The summed E-state index contributed by atoms with van der Waals surface area (Å²) in [7, 11) is -0.579. The average Bonchev–Trinajstić information content (AvgIpc) is 3.06. The highest BCUT2D eigenvalue weighted by Crippen LogP contribution is 2.24. The summed E-state index contributed by atoms with van der Waals surface area (Å²) in [4.78, 5) is 17.1. The van der Waals surface area contributed by atoms with Crippen LogP contribution in [0.3, 0.4) is 0 Å². The molecular weight excluding hydrogens is 394 g/mol. The Bertz CT molecular complexity index is 1070. The van der Waals surface area contributed by atoms with Crippen molar-refractivity contribution in [1.82, 2.24) is 9.29 Å². The minimum Gasteiger partial charge on any atom is -0.326 e. The number of anilines is 1. The molecule has 0 aliphatic rings. The lowest BCUT2D eigenvalue weighted by atomic mass is 10.2. The summed E-state index contributed by atoms with van der Waals surface area (Å²) < 4.78 is 26.9. The number of sulfonamides is 1. The van der Waals surface area contributed by atoms with Crippen molar-refractivity contribution < 1.29 is 13.2 Å². The second kappa shape index (κ2) is 8.38. The summed E-state index contributed by atoms with van der Waals surface area (Å²) in [6, 6.07) is 12.7. The van der Waals surface area contributed by atoms with Crippen molar-refractivity contribution in [2.24, 2.45) is 0 Å². The standard InChI is InChI=1S/C20H23N3O3S2/c1-14-11-12-15(28(25,26)23(2)3)13-17(14)21-19(24)9-6-10-20-22-16-7-4-5-8-18(16)27-20/h4-5,7-8,11-13H,6,9-10H2,1-3H3,(H,21,24). The fourth-order valence-electron chi connectivity index (χ4n) is 2.75. The molecule has 1 amide bonds. The quantitative estimate of drug-likeness (QED) is 0.634. The van der Waals surface area contributed by atoms with Gasteiger partial charge in [0.1, 0.15) is 0 Å². The molecule has 0 saturated heterocycles. The van der Waals surface area contributed by atoms with E-state index in [1.807, 2.05) is 31.2 Å². The Hall–Kier alpha value is -2.29. The molecule has 148 valence electrons. The molecule has 28 heavy (non-hydrogen) atoms. The smallest absolute Gasteiger partial charge is 0.242 e. The van der Waals surface area contributed by atoms with E-state index in [1.54, 1.807) is 23.5 Å². The van der Waals surface area contributed by atoms with Gasteiger partial charge >= 0.3 is 0 Å². The number of hydrogen-bond acceptors (Lipinski definition) is 5. The van der Waals surface area contributed by atoms with E-state index in [1.165, 1.54) is 20.2 Å². The van der Waals surface area contributed by atoms with Crippen LogP contribution in [0.15, 0.2) is 47.4 Å². The van der Waals surface area contributed by atoms with Gasteiger partial charge < -0.3 is 5.32 Å². The number of aromatic nitrogens is 1. The molecule has 1 heterocycles. The molecule has 1 aromatic heterocycles. The fraction of sp³-hybridized carbons (Fsp3) is 0.300. The van der Waals surface area contributed by atoms with Crippen molar-refractivity contribution in [3.8, 4) is 0 Å². The van der Waals surface area contributed by atoms with Crippen molar-refractivity contribution >= 4 is 43.2 Å². The van der Waals surface area contributed by atoms with Crippen LogP contribution in [0.25, 0.3) is 10.2 Å². The number of nitrogens with zero attached hydrogens (tertiary/aromatic N) is 2. The van der Waals surface area contributed by atoms with Gasteiger partial charge in [-0.15, -0.1) is 11.3 Å². The largest absolute Gasteiger partial charge is 0.326 e. The van der Waals surface area contributed by atoms with E-state index in [9.17, 15) is 13.2 Å². The number of carbonyl (C=O) groups is 1. The number of benzene rings is 2. The van der Waals surface area contributed by atoms with Gasteiger partial charge in [-0.25, -0.2) is 17.7 Å². The maximum absolute atomic E-state index is 12.3. The third-order valence-electron chi connectivity index (χ3n) is 4.39. The van der Waals surface area contributed by atoms with Crippen molar-refractivity contribution in [3.05, 3.63) is 53.0 Å². The van der Waals surface area contributed by atoms with E-state index in [-0.39, 0.29) is 10.8 Å². The second-order valence-electron chi connectivity index (χ2n) is 6.74. The normalized spacial score (nSPS) is 11.9. The van der Waals surface area contributed by atoms with E-state index in [0.29, 0.717) is 18.5 Å². The third kappa shape index (κ3) is 4.57. The molecule has 8 heteroatoms. The van der Waals surface area contributed by atoms with Gasteiger partial charge in [0, 0.05) is 26.2 Å². The highest BCUT2D eigenvalue weighted by atomic mass is 32.2. The van der Waals surface area contributed by atoms with Gasteiger partial charge in [-0.2, -0.15) is 0 Å². The number of fused-ring (bicyclic) bond motifs is 1. The van der Waals surface area contributed by atoms with Crippen LogP contribution in [0.5, 0.6) is 0 Å². The molecule has 2 aromatic carbocycles. The number of aryl methyl sites for hydroxylation is 2. The molecule has 0 fully saturated rings. The van der Waals surface area contributed by atoms with Crippen LogP contribution in [0.2, 0.25) is 0 Å². The minimum absolute atomic E-state index is 0.136. The predicted octanol–water partition coefficient (Wildman–Crippen LogP) is 3.82. The van der Waals surface area contributed by atoms with Crippen LogP contribution in [-0.2, 0) is 21.2 Å². The van der Waals surface area contributed by atoms with Crippen LogP contribution < -0.4 is 5.32 Å². The second-order valence-corrected chi connectivity index (χ2v) is 10.0. The lowest BCUT2D eigenvalue weighted by Gasteiger charge is -2.14. The van der Waals surface area contributed by atoms with Gasteiger partial charge in [-0.05, 0) is 49.6 Å². The van der Waals surface area contributed by atoms with E-state index >= 15 is 0 Å². The molecule has 1 N–H and O–H groups in total. The number of para-hydroxylation sites is 1. The number of hydrogen-bond donors (Lipinski definition) is 1. The molecule has 0 aliphatic carbocycles. The molecule has 0 saturated carbocycles. The van der Waals surface area contributed by atoms with Gasteiger partial charge in [0.25, 0.3) is 0 Å². The first kappa shape index (κ1) is 20.4. The molecular formula is C20H23N3O3S2. The molecule has 0 spiro atoms.